The number of anilines is 1. The first-order chi connectivity index (χ1) is 17.0. The first-order valence-corrected chi connectivity index (χ1v) is 12.8. The van der Waals surface area contributed by atoms with Crippen LogP contribution in [0.25, 0.3) is 16.5 Å². The number of carbonyl (C=O) groups excluding carboxylic acids is 2. The molecule has 2 amide bonds. The van der Waals surface area contributed by atoms with Gasteiger partial charge in [-0.05, 0) is 73.7 Å². The van der Waals surface area contributed by atoms with Crippen molar-refractivity contribution in [3.8, 4) is 0 Å². The molecule has 0 spiro atoms. The van der Waals surface area contributed by atoms with E-state index in [0.717, 1.165) is 60.8 Å². The van der Waals surface area contributed by atoms with Crippen molar-refractivity contribution >= 4 is 45.3 Å². The number of rotatable bonds is 7. The van der Waals surface area contributed by atoms with Crippen molar-refractivity contribution in [2.75, 3.05) is 5.32 Å². The number of aromatic nitrogens is 3. The molecular weight excluding hydrogens is 460 g/mol. The number of carbonyl (C=O) groups is 2. The van der Waals surface area contributed by atoms with Gasteiger partial charge in [0, 0.05) is 36.4 Å². The fraction of sp³-hybridized carbons (Fsp3) is 0.346. The molecule has 1 saturated heterocycles. The fourth-order valence-electron chi connectivity index (χ4n) is 4.64. The van der Waals surface area contributed by atoms with Gasteiger partial charge in [0.15, 0.2) is 0 Å². The summed E-state index contributed by atoms with van der Waals surface area (Å²) in [5.74, 6) is 0.309. The molecule has 1 aliphatic heterocycles. The SMILES string of the molecule is C/C(=C\C1SC(=O)NC1=O)c1ccnc(NC2CCC(NCc3cccc4ncccc34)CC2)n1. The molecule has 5 rings (SSSR count). The molecule has 8 nitrogen and oxygen atoms in total. The third-order valence-electron chi connectivity index (χ3n) is 6.56. The smallest absolute Gasteiger partial charge is 0.286 e. The summed E-state index contributed by atoms with van der Waals surface area (Å²) in [6.07, 6.45) is 9.58. The molecule has 1 unspecified atom stereocenters. The van der Waals surface area contributed by atoms with Crippen molar-refractivity contribution in [1.82, 2.24) is 25.6 Å². The van der Waals surface area contributed by atoms with Crippen molar-refractivity contribution in [2.45, 2.75) is 56.5 Å². The van der Waals surface area contributed by atoms with Crippen LogP contribution >= 0.6 is 11.8 Å². The van der Waals surface area contributed by atoms with Crippen LogP contribution in [0.2, 0.25) is 0 Å². The zero-order valence-corrected chi connectivity index (χ0v) is 20.3. The van der Waals surface area contributed by atoms with Crippen LogP contribution in [-0.2, 0) is 11.3 Å². The van der Waals surface area contributed by atoms with Crippen LogP contribution in [0.5, 0.6) is 0 Å². The molecule has 2 aliphatic rings. The number of amides is 2. The third-order valence-corrected chi connectivity index (χ3v) is 7.48. The van der Waals surface area contributed by atoms with Crippen LogP contribution < -0.4 is 16.0 Å². The largest absolute Gasteiger partial charge is 0.351 e. The number of benzene rings is 1. The Hall–Kier alpha value is -3.30. The molecule has 3 N–H and O–H groups in total. The Kier molecular flexibility index (Phi) is 7.06. The minimum absolute atomic E-state index is 0.283. The highest BCUT2D eigenvalue weighted by Crippen LogP contribution is 2.25. The summed E-state index contributed by atoms with van der Waals surface area (Å²) in [6.45, 7) is 2.73. The van der Waals surface area contributed by atoms with Crippen LogP contribution in [0, 0.1) is 0 Å². The van der Waals surface area contributed by atoms with Gasteiger partial charge in [-0.25, -0.2) is 9.97 Å². The van der Waals surface area contributed by atoms with Gasteiger partial charge in [-0.15, -0.1) is 0 Å². The summed E-state index contributed by atoms with van der Waals surface area (Å²) in [5, 5.41) is 9.90. The van der Waals surface area contributed by atoms with E-state index in [2.05, 4.69) is 55.2 Å². The molecule has 2 fully saturated rings. The van der Waals surface area contributed by atoms with Crippen LogP contribution in [0.3, 0.4) is 0 Å². The monoisotopic (exact) mass is 488 g/mol. The molecule has 1 aliphatic carbocycles. The van der Waals surface area contributed by atoms with E-state index in [1.807, 2.05) is 25.3 Å². The van der Waals surface area contributed by atoms with Gasteiger partial charge in [-0.2, -0.15) is 0 Å². The molecule has 0 bridgehead atoms. The summed E-state index contributed by atoms with van der Waals surface area (Å²) in [5.41, 5.74) is 3.90. The zero-order valence-electron chi connectivity index (χ0n) is 19.5. The van der Waals surface area contributed by atoms with Gasteiger partial charge in [0.2, 0.25) is 11.9 Å². The normalized spacial score (nSPS) is 22.9. The molecule has 2 aromatic heterocycles. The molecule has 1 saturated carbocycles. The molecular formula is C26H28N6O2S. The molecule has 3 aromatic rings. The van der Waals surface area contributed by atoms with Crippen LogP contribution in [0.15, 0.2) is 54.9 Å². The van der Waals surface area contributed by atoms with E-state index in [0.29, 0.717) is 18.0 Å². The number of pyridine rings is 1. The number of imide groups is 1. The first kappa shape index (κ1) is 23.4. The molecule has 1 atom stereocenters. The zero-order chi connectivity index (χ0) is 24.2. The average Bonchev–Trinajstić information content (AvgIpc) is 3.19. The summed E-state index contributed by atoms with van der Waals surface area (Å²) >= 11 is 0.988. The van der Waals surface area contributed by atoms with Gasteiger partial charge in [0.1, 0.15) is 5.25 Å². The van der Waals surface area contributed by atoms with E-state index in [9.17, 15) is 9.59 Å². The van der Waals surface area contributed by atoms with Crippen molar-refractivity contribution < 1.29 is 9.59 Å². The number of nitrogens with one attached hydrogen (secondary N) is 3. The third kappa shape index (κ3) is 5.68. The van der Waals surface area contributed by atoms with Gasteiger partial charge in [0.25, 0.3) is 5.24 Å². The number of allylic oxidation sites excluding steroid dienone is 1. The maximum atomic E-state index is 11.8. The van der Waals surface area contributed by atoms with E-state index < -0.39 is 5.25 Å². The van der Waals surface area contributed by atoms with Crippen LogP contribution in [0.1, 0.15) is 43.9 Å². The number of thioether (sulfide) groups is 1. The van der Waals surface area contributed by atoms with Crippen molar-refractivity contribution in [3.05, 3.63) is 66.1 Å². The topological polar surface area (TPSA) is 109 Å². The minimum atomic E-state index is -0.512. The Balaban J connectivity index is 1.14. The molecule has 1 aromatic carbocycles. The van der Waals surface area contributed by atoms with E-state index in [1.165, 1.54) is 10.9 Å². The number of fused-ring (bicyclic) bond motifs is 1. The highest BCUT2D eigenvalue weighted by molar-refractivity contribution is 8.15. The Morgan fingerprint density at radius 1 is 1.06 bits per heavy atom. The predicted octanol–water partition coefficient (Wildman–Crippen LogP) is 4.29. The standard InChI is InChI=1S/C26H28N6O2S/c1-16(14-23-24(33)32-26(34)35-23)21-11-13-28-25(31-21)30-19-9-7-18(8-10-19)29-15-17-4-2-6-22-20(17)5-3-12-27-22/h2-6,11-14,18-19,23,29H,7-10,15H2,1H3,(H,28,30,31)(H,32,33,34)/b16-14+. The van der Waals surface area contributed by atoms with Crippen molar-refractivity contribution in [2.24, 2.45) is 0 Å². The average molecular weight is 489 g/mol. The van der Waals surface area contributed by atoms with Crippen molar-refractivity contribution in [1.29, 1.82) is 0 Å². The Morgan fingerprint density at radius 2 is 1.89 bits per heavy atom. The van der Waals surface area contributed by atoms with Crippen molar-refractivity contribution in [3.63, 3.8) is 0 Å². The lowest BCUT2D eigenvalue weighted by Gasteiger charge is -2.30. The van der Waals surface area contributed by atoms with Gasteiger partial charge in [0.05, 0.1) is 11.2 Å². The van der Waals surface area contributed by atoms with Crippen LogP contribution in [0.4, 0.5) is 10.7 Å². The van der Waals surface area contributed by atoms with E-state index in [4.69, 9.17) is 0 Å². The Morgan fingerprint density at radius 3 is 2.69 bits per heavy atom. The summed E-state index contributed by atoms with van der Waals surface area (Å²) < 4.78 is 0. The first-order valence-electron chi connectivity index (χ1n) is 11.9. The quantitative estimate of drug-likeness (QED) is 0.452. The van der Waals surface area contributed by atoms with Gasteiger partial charge >= 0.3 is 0 Å². The lowest BCUT2D eigenvalue weighted by molar-refractivity contribution is -0.118. The lowest BCUT2D eigenvalue weighted by atomic mass is 9.91. The summed E-state index contributed by atoms with van der Waals surface area (Å²) in [6, 6.07) is 13.0. The van der Waals surface area contributed by atoms with Crippen LogP contribution in [-0.4, -0.2) is 43.4 Å². The highest BCUT2D eigenvalue weighted by atomic mass is 32.2. The second kappa shape index (κ2) is 10.5. The molecule has 180 valence electrons. The van der Waals surface area contributed by atoms with E-state index >= 15 is 0 Å². The Labute approximate surface area is 208 Å². The number of hydrogen-bond donors (Lipinski definition) is 3. The maximum absolute atomic E-state index is 11.8. The van der Waals surface area contributed by atoms with Gasteiger partial charge in [-0.1, -0.05) is 24.3 Å². The Bertz CT molecular complexity index is 1270. The second-order valence-corrected chi connectivity index (χ2v) is 10.1. The maximum Gasteiger partial charge on any atom is 0.286 e. The number of nitrogens with zero attached hydrogens (tertiary/aromatic N) is 3. The predicted molar refractivity (Wildman–Crippen MR) is 139 cm³/mol. The highest BCUT2D eigenvalue weighted by Gasteiger charge is 2.30. The lowest BCUT2D eigenvalue weighted by Crippen LogP contribution is -2.37. The van der Waals surface area contributed by atoms with Gasteiger partial charge < -0.3 is 10.6 Å². The number of hydrogen-bond acceptors (Lipinski definition) is 8. The minimum Gasteiger partial charge on any atom is -0.351 e. The van der Waals surface area contributed by atoms with E-state index in [1.54, 1.807) is 12.3 Å². The molecule has 9 heteroatoms. The second-order valence-electron chi connectivity index (χ2n) is 8.99. The molecule has 3 heterocycles. The van der Waals surface area contributed by atoms with Gasteiger partial charge in [-0.3, -0.25) is 19.9 Å². The summed E-state index contributed by atoms with van der Waals surface area (Å²) in [7, 11) is 0. The fourth-order valence-corrected chi connectivity index (χ4v) is 5.47. The molecule has 35 heavy (non-hydrogen) atoms. The van der Waals surface area contributed by atoms with E-state index in [-0.39, 0.29) is 11.1 Å². The molecule has 0 radical (unpaired) electrons. The summed E-state index contributed by atoms with van der Waals surface area (Å²) in [4.78, 5) is 36.7.